The first kappa shape index (κ1) is 8.38. The average molecular weight is 179 g/mol. The van der Waals surface area contributed by atoms with Gasteiger partial charge in [-0.05, 0) is 6.07 Å². The summed E-state index contributed by atoms with van der Waals surface area (Å²) in [5, 5.41) is 0. The number of methoxy groups -OCH3 is 1. The quantitative estimate of drug-likeness (QED) is 0.710. The summed E-state index contributed by atoms with van der Waals surface area (Å²) in [6, 6.07) is 5.87. The van der Waals surface area contributed by atoms with Gasteiger partial charge >= 0.3 is 0 Å². The number of ether oxygens (including phenoxy) is 2. The van der Waals surface area contributed by atoms with Crippen molar-refractivity contribution in [1.29, 1.82) is 0 Å². The summed E-state index contributed by atoms with van der Waals surface area (Å²) in [4.78, 5) is 0. The average Bonchev–Trinajstić information content (AvgIpc) is 2.18. The molecule has 1 aliphatic heterocycles. The summed E-state index contributed by atoms with van der Waals surface area (Å²) in [7, 11) is 1.64. The van der Waals surface area contributed by atoms with Crippen LogP contribution in [0.5, 0.6) is 11.5 Å². The minimum Gasteiger partial charge on any atom is -0.497 e. The minimum atomic E-state index is 0.106. The lowest BCUT2D eigenvalue weighted by Gasteiger charge is -2.23. The summed E-state index contributed by atoms with van der Waals surface area (Å²) in [5.74, 6) is 1.67. The smallest absolute Gasteiger partial charge is 0.127 e. The molecule has 1 heterocycles. The van der Waals surface area contributed by atoms with Crippen LogP contribution in [0.1, 0.15) is 18.0 Å². The standard InChI is InChI=1S/C10H13NO2/c1-12-7-2-3-8-9(11)4-5-13-10(8)6-7/h2-3,6,9H,4-5,11H2,1H3/t9-/m0/s1. The molecule has 0 unspecified atom stereocenters. The molecule has 0 aliphatic carbocycles. The van der Waals surface area contributed by atoms with Gasteiger partial charge in [0.2, 0.25) is 0 Å². The Hall–Kier alpha value is -1.22. The van der Waals surface area contributed by atoms with E-state index in [0.29, 0.717) is 6.61 Å². The number of hydrogen-bond donors (Lipinski definition) is 1. The highest BCUT2D eigenvalue weighted by Gasteiger charge is 2.17. The van der Waals surface area contributed by atoms with E-state index in [2.05, 4.69) is 0 Å². The Morgan fingerprint density at radius 1 is 1.54 bits per heavy atom. The Morgan fingerprint density at radius 3 is 3.15 bits per heavy atom. The van der Waals surface area contributed by atoms with Crippen LogP contribution >= 0.6 is 0 Å². The van der Waals surface area contributed by atoms with Gasteiger partial charge in [-0.2, -0.15) is 0 Å². The molecular weight excluding hydrogens is 166 g/mol. The van der Waals surface area contributed by atoms with E-state index in [4.69, 9.17) is 15.2 Å². The van der Waals surface area contributed by atoms with Crippen molar-refractivity contribution in [3.05, 3.63) is 23.8 Å². The summed E-state index contributed by atoms with van der Waals surface area (Å²) in [6.45, 7) is 0.696. The zero-order chi connectivity index (χ0) is 9.26. The lowest BCUT2D eigenvalue weighted by Crippen LogP contribution is -2.20. The number of benzene rings is 1. The first-order valence-electron chi connectivity index (χ1n) is 4.37. The van der Waals surface area contributed by atoms with E-state index in [1.54, 1.807) is 7.11 Å². The van der Waals surface area contributed by atoms with Crippen LogP contribution in [0.25, 0.3) is 0 Å². The second-order valence-corrected chi connectivity index (χ2v) is 3.15. The largest absolute Gasteiger partial charge is 0.497 e. The van der Waals surface area contributed by atoms with Crippen molar-refractivity contribution in [2.45, 2.75) is 12.5 Å². The third kappa shape index (κ3) is 1.47. The van der Waals surface area contributed by atoms with E-state index in [1.807, 2.05) is 18.2 Å². The molecule has 2 rings (SSSR count). The van der Waals surface area contributed by atoms with Crippen LogP contribution in [-0.4, -0.2) is 13.7 Å². The van der Waals surface area contributed by atoms with E-state index in [9.17, 15) is 0 Å². The zero-order valence-corrected chi connectivity index (χ0v) is 7.62. The Balaban J connectivity index is 2.39. The molecule has 0 spiro atoms. The molecule has 70 valence electrons. The zero-order valence-electron chi connectivity index (χ0n) is 7.62. The van der Waals surface area contributed by atoms with Crippen LogP contribution in [0.3, 0.4) is 0 Å². The Labute approximate surface area is 77.5 Å². The SMILES string of the molecule is COc1ccc2c(c1)OCC[C@@H]2N. The van der Waals surface area contributed by atoms with Crippen molar-refractivity contribution in [3.8, 4) is 11.5 Å². The summed E-state index contributed by atoms with van der Waals surface area (Å²) < 4.78 is 10.6. The summed E-state index contributed by atoms with van der Waals surface area (Å²) in [5.41, 5.74) is 6.99. The van der Waals surface area contributed by atoms with Crippen molar-refractivity contribution in [3.63, 3.8) is 0 Å². The Morgan fingerprint density at radius 2 is 2.38 bits per heavy atom. The van der Waals surface area contributed by atoms with E-state index >= 15 is 0 Å². The molecule has 3 heteroatoms. The molecule has 0 bridgehead atoms. The molecule has 0 saturated carbocycles. The minimum absolute atomic E-state index is 0.106. The van der Waals surface area contributed by atoms with Crippen LogP contribution in [0, 0.1) is 0 Å². The second-order valence-electron chi connectivity index (χ2n) is 3.15. The van der Waals surface area contributed by atoms with Gasteiger partial charge in [0, 0.05) is 24.1 Å². The van der Waals surface area contributed by atoms with Crippen molar-refractivity contribution in [2.75, 3.05) is 13.7 Å². The first-order chi connectivity index (χ1) is 6.31. The second kappa shape index (κ2) is 3.26. The Bertz CT molecular complexity index is 312. The molecule has 1 aromatic rings. The van der Waals surface area contributed by atoms with Crippen molar-refractivity contribution in [1.82, 2.24) is 0 Å². The van der Waals surface area contributed by atoms with E-state index in [-0.39, 0.29) is 6.04 Å². The van der Waals surface area contributed by atoms with Crippen LogP contribution in [0.15, 0.2) is 18.2 Å². The maximum absolute atomic E-state index is 5.92. The molecule has 1 aliphatic rings. The van der Waals surface area contributed by atoms with Gasteiger partial charge in [-0.15, -0.1) is 0 Å². The molecule has 3 nitrogen and oxygen atoms in total. The third-order valence-corrected chi connectivity index (χ3v) is 2.31. The van der Waals surface area contributed by atoms with Gasteiger partial charge < -0.3 is 15.2 Å². The van der Waals surface area contributed by atoms with Crippen LogP contribution in [-0.2, 0) is 0 Å². The monoisotopic (exact) mass is 179 g/mol. The molecule has 1 aromatic carbocycles. The van der Waals surface area contributed by atoms with E-state index in [0.717, 1.165) is 23.5 Å². The van der Waals surface area contributed by atoms with Gasteiger partial charge in [-0.25, -0.2) is 0 Å². The molecule has 0 fully saturated rings. The molecular formula is C10H13NO2. The van der Waals surface area contributed by atoms with Gasteiger partial charge in [0.25, 0.3) is 0 Å². The van der Waals surface area contributed by atoms with Crippen LogP contribution < -0.4 is 15.2 Å². The van der Waals surface area contributed by atoms with Gasteiger partial charge in [0.1, 0.15) is 11.5 Å². The summed E-state index contributed by atoms with van der Waals surface area (Å²) >= 11 is 0. The topological polar surface area (TPSA) is 44.5 Å². The number of hydrogen-bond acceptors (Lipinski definition) is 3. The highest BCUT2D eigenvalue weighted by molar-refractivity contribution is 5.43. The highest BCUT2D eigenvalue weighted by Crippen LogP contribution is 2.33. The van der Waals surface area contributed by atoms with Gasteiger partial charge in [0.05, 0.1) is 13.7 Å². The maximum atomic E-state index is 5.92. The predicted molar refractivity (Wildman–Crippen MR) is 50.0 cm³/mol. The molecule has 0 saturated heterocycles. The first-order valence-corrected chi connectivity index (χ1v) is 4.37. The molecule has 0 amide bonds. The molecule has 0 radical (unpaired) electrons. The van der Waals surface area contributed by atoms with Gasteiger partial charge in [-0.1, -0.05) is 6.07 Å². The van der Waals surface area contributed by atoms with Crippen LogP contribution in [0.4, 0.5) is 0 Å². The molecule has 13 heavy (non-hydrogen) atoms. The normalized spacial score (nSPS) is 20.3. The fourth-order valence-corrected chi connectivity index (χ4v) is 1.52. The van der Waals surface area contributed by atoms with Gasteiger partial charge in [-0.3, -0.25) is 0 Å². The number of rotatable bonds is 1. The number of nitrogens with two attached hydrogens (primary N) is 1. The predicted octanol–water partition coefficient (Wildman–Crippen LogP) is 1.48. The van der Waals surface area contributed by atoms with E-state index in [1.165, 1.54) is 0 Å². The fourth-order valence-electron chi connectivity index (χ4n) is 1.52. The van der Waals surface area contributed by atoms with Crippen molar-refractivity contribution in [2.24, 2.45) is 5.73 Å². The van der Waals surface area contributed by atoms with Crippen molar-refractivity contribution >= 4 is 0 Å². The molecule has 1 atom stereocenters. The Kier molecular flexibility index (Phi) is 2.10. The fraction of sp³-hybridized carbons (Fsp3) is 0.400. The van der Waals surface area contributed by atoms with E-state index < -0.39 is 0 Å². The lowest BCUT2D eigenvalue weighted by molar-refractivity contribution is 0.267. The molecule has 2 N–H and O–H groups in total. The van der Waals surface area contributed by atoms with Gasteiger partial charge in [0.15, 0.2) is 0 Å². The van der Waals surface area contributed by atoms with Crippen molar-refractivity contribution < 1.29 is 9.47 Å². The molecule has 0 aromatic heterocycles. The summed E-state index contributed by atoms with van der Waals surface area (Å²) in [6.07, 6.45) is 0.888. The van der Waals surface area contributed by atoms with Crippen LogP contribution in [0.2, 0.25) is 0 Å². The third-order valence-electron chi connectivity index (χ3n) is 2.31. The number of fused-ring (bicyclic) bond motifs is 1. The maximum Gasteiger partial charge on any atom is 0.127 e. The lowest BCUT2D eigenvalue weighted by atomic mass is 10.0. The highest BCUT2D eigenvalue weighted by atomic mass is 16.5.